The summed E-state index contributed by atoms with van der Waals surface area (Å²) in [6, 6.07) is 49.4. The van der Waals surface area contributed by atoms with Gasteiger partial charge in [-0.3, -0.25) is 0 Å². The minimum absolute atomic E-state index is 0.407. The molecule has 242 valence electrons. The van der Waals surface area contributed by atoms with Crippen LogP contribution in [0.5, 0.6) is 23.0 Å². The molecule has 0 aliphatic rings. The van der Waals surface area contributed by atoms with Crippen molar-refractivity contribution in [1.82, 2.24) is 0 Å². The van der Waals surface area contributed by atoms with E-state index in [4.69, 9.17) is 18.9 Å². The lowest BCUT2D eigenvalue weighted by molar-refractivity contribution is 0.217. The number of aryl methyl sites for hydroxylation is 2. The van der Waals surface area contributed by atoms with Gasteiger partial charge in [0, 0.05) is 40.2 Å². The van der Waals surface area contributed by atoms with E-state index >= 15 is 0 Å². The Morgan fingerprint density at radius 1 is 0.375 bits per heavy atom. The maximum Gasteiger partial charge on any atom is 0.122 e. The minimum atomic E-state index is 0.407. The Morgan fingerprint density at radius 3 is 1.15 bits per heavy atom. The van der Waals surface area contributed by atoms with Crippen molar-refractivity contribution in [2.45, 2.75) is 13.8 Å². The molecular formula is C42H40N2O4. The average molecular weight is 637 g/mol. The van der Waals surface area contributed by atoms with E-state index in [9.17, 15) is 0 Å². The number of nitrogens with zero attached hydrogens (tertiary/aromatic N) is 2. The summed E-state index contributed by atoms with van der Waals surface area (Å²) in [5, 5.41) is 0. The highest BCUT2D eigenvalue weighted by molar-refractivity contribution is 5.78. The lowest BCUT2D eigenvalue weighted by atomic mass is 10.1. The lowest BCUT2D eigenvalue weighted by Crippen LogP contribution is -2.12. The van der Waals surface area contributed by atoms with Gasteiger partial charge in [0.15, 0.2) is 0 Å². The van der Waals surface area contributed by atoms with Crippen LogP contribution in [0.15, 0.2) is 146 Å². The van der Waals surface area contributed by atoms with Gasteiger partial charge in [0.2, 0.25) is 0 Å². The number of hydrogen-bond donors (Lipinski definition) is 0. The molecule has 48 heavy (non-hydrogen) atoms. The molecule has 0 aromatic heterocycles. The number of benzene rings is 6. The molecule has 0 N–H and O–H groups in total. The number of hydrogen-bond acceptors (Lipinski definition) is 6. The smallest absolute Gasteiger partial charge is 0.122 e. The van der Waals surface area contributed by atoms with Crippen molar-refractivity contribution in [3.8, 4) is 23.0 Å². The SMILES string of the molecule is COc1ccc(N(c2ccc(OC)cc2)c2ccc(OCCOc3cccc(N(c4ccc(C)cc4)c4ccc(C)cc4)c3)cc2)cc1. The fourth-order valence-electron chi connectivity index (χ4n) is 5.47. The van der Waals surface area contributed by atoms with Crippen LogP contribution in [0.4, 0.5) is 34.1 Å². The van der Waals surface area contributed by atoms with Gasteiger partial charge < -0.3 is 28.7 Å². The predicted octanol–water partition coefficient (Wildman–Crippen LogP) is 10.7. The van der Waals surface area contributed by atoms with E-state index in [-0.39, 0.29) is 0 Å². The Labute approximate surface area is 283 Å². The van der Waals surface area contributed by atoms with Crippen LogP contribution >= 0.6 is 0 Å². The molecule has 0 spiro atoms. The topological polar surface area (TPSA) is 43.4 Å². The van der Waals surface area contributed by atoms with E-state index in [1.807, 2.05) is 72.8 Å². The molecule has 6 nitrogen and oxygen atoms in total. The molecule has 0 atom stereocenters. The van der Waals surface area contributed by atoms with E-state index in [1.54, 1.807) is 14.2 Å². The van der Waals surface area contributed by atoms with Gasteiger partial charge in [0.25, 0.3) is 0 Å². The van der Waals surface area contributed by atoms with Crippen molar-refractivity contribution in [3.05, 3.63) is 157 Å². The third kappa shape index (κ3) is 7.73. The van der Waals surface area contributed by atoms with Gasteiger partial charge >= 0.3 is 0 Å². The second-order valence-corrected chi connectivity index (χ2v) is 11.4. The summed E-state index contributed by atoms with van der Waals surface area (Å²) < 4.78 is 23.0. The van der Waals surface area contributed by atoms with Crippen LogP contribution in [-0.4, -0.2) is 27.4 Å². The Balaban J connectivity index is 1.12. The quantitative estimate of drug-likeness (QED) is 0.118. The van der Waals surface area contributed by atoms with Crippen molar-refractivity contribution in [2.75, 3.05) is 37.2 Å². The fourth-order valence-corrected chi connectivity index (χ4v) is 5.47. The Hall–Kier alpha value is -5.88. The molecule has 0 bridgehead atoms. The highest BCUT2D eigenvalue weighted by atomic mass is 16.5. The molecule has 0 aliphatic carbocycles. The van der Waals surface area contributed by atoms with E-state index in [2.05, 4.69) is 96.4 Å². The first-order valence-corrected chi connectivity index (χ1v) is 16.0. The van der Waals surface area contributed by atoms with E-state index in [0.717, 1.165) is 57.1 Å². The molecule has 0 heterocycles. The molecule has 0 saturated carbocycles. The van der Waals surface area contributed by atoms with Gasteiger partial charge in [-0.15, -0.1) is 0 Å². The molecule has 0 unspecified atom stereocenters. The van der Waals surface area contributed by atoms with Crippen molar-refractivity contribution in [1.29, 1.82) is 0 Å². The Kier molecular flexibility index (Phi) is 10.1. The monoisotopic (exact) mass is 636 g/mol. The zero-order valence-corrected chi connectivity index (χ0v) is 27.8. The second-order valence-electron chi connectivity index (χ2n) is 11.4. The molecule has 0 amide bonds. The van der Waals surface area contributed by atoms with Crippen LogP contribution in [0.2, 0.25) is 0 Å². The van der Waals surface area contributed by atoms with Gasteiger partial charge in [0.1, 0.15) is 36.2 Å². The van der Waals surface area contributed by atoms with Crippen molar-refractivity contribution in [3.63, 3.8) is 0 Å². The predicted molar refractivity (Wildman–Crippen MR) is 196 cm³/mol. The Morgan fingerprint density at radius 2 is 0.729 bits per heavy atom. The second kappa shape index (κ2) is 15.1. The highest BCUT2D eigenvalue weighted by Crippen LogP contribution is 2.38. The highest BCUT2D eigenvalue weighted by Gasteiger charge is 2.15. The first kappa shape index (κ1) is 32.1. The van der Waals surface area contributed by atoms with E-state index in [1.165, 1.54) is 11.1 Å². The maximum absolute atomic E-state index is 6.16. The third-order valence-corrected chi connectivity index (χ3v) is 8.04. The van der Waals surface area contributed by atoms with Crippen molar-refractivity contribution >= 4 is 34.1 Å². The molecule has 6 aromatic rings. The molecule has 6 rings (SSSR count). The minimum Gasteiger partial charge on any atom is -0.497 e. The number of rotatable bonds is 13. The van der Waals surface area contributed by atoms with Gasteiger partial charge in [0.05, 0.1) is 14.2 Å². The van der Waals surface area contributed by atoms with Crippen LogP contribution in [-0.2, 0) is 0 Å². The Bertz CT molecular complexity index is 1790. The first-order valence-electron chi connectivity index (χ1n) is 16.0. The summed E-state index contributed by atoms with van der Waals surface area (Å²) >= 11 is 0. The molecule has 0 aliphatic heterocycles. The molecule has 0 fully saturated rings. The fraction of sp³-hybridized carbons (Fsp3) is 0.143. The van der Waals surface area contributed by atoms with Gasteiger partial charge in [-0.05, 0) is 123 Å². The zero-order valence-electron chi connectivity index (χ0n) is 27.8. The zero-order chi connectivity index (χ0) is 33.3. The van der Waals surface area contributed by atoms with Gasteiger partial charge in [-0.25, -0.2) is 0 Å². The summed E-state index contributed by atoms with van der Waals surface area (Å²) in [6.45, 7) is 5.02. The van der Waals surface area contributed by atoms with Crippen molar-refractivity contribution in [2.24, 2.45) is 0 Å². The molecule has 6 heteroatoms. The van der Waals surface area contributed by atoms with Crippen LogP contribution in [0, 0.1) is 13.8 Å². The normalized spacial score (nSPS) is 10.7. The summed E-state index contributed by atoms with van der Waals surface area (Å²) in [7, 11) is 3.34. The molecule has 0 saturated heterocycles. The lowest BCUT2D eigenvalue weighted by Gasteiger charge is -2.26. The van der Waals surface area contributed by atoms with Gasteiger partial charge in [-0.2, -0.15) is 0 Å². The largest absolute Gasteiger partial charge is 0.497 e. The first-order chi connectivity index (χ1) is 23.5. The van der Waals surface area contributed by atoms with E-state index < -0.39 is 0 Å². The number of anilines is 6. The summed E-state index contributed by atoms with van der Waals surface area (Å²) in [5.74, 6) is 3.16. The molecular weight excluding hydrogens is 596 g/mol. The summed E-state index contributed by atoms with van der Waals surface area (Å²) in [5.41, 5.74) is 8.66. The molecule has 6 aromatic carbocycles. The average Bonchev–Trinajstić information content (AvgIpc) is 3.13. The summed E-state index contributed by atoms with van der Waals surface area (Å²) in [6.07, 6.45) is 0. The third-order valence-electron chi connectivity index (χ3n) is 8.04. The molecule has 0 radical (unpaired) electrons. The maximum atomic E-state index is 6.16. The standard InChI is InChI=1S/C42H40N2O4/c1-31-8-12-33(13-9-31)44(34-14-10-32(2)11-15-34)38-6-5-7-42(30-38)48-29-28-47-41-26-20-37(21-27-41)43(35-16-22-39(45-3)23-17-35)36-18-24-40(46-4)25-19-36/h5-27,30H,28-29H2,1-4H3. The number of ether oxygens (including phenoxy) is 4. The summed E-state index contributed by atoms with van der Waals surface area (Å²) in [4.78, 5) is 4.42. The van der Waals surface area contributed by atoms with Crippen molar-refractivity contribution < 1.29 is 18.9 Å². The van der Waals surface area contributed by atoms with Crippen LogP contribution in [0.25, 0.3) is 0 Å². The van der Waals surface area contributed by atoms with Crippen LogP contribution in [0.1, 0.15) is 11.1 Å². The number of methoxy groups -OCH3 is 2. The van der Waals surface area contributed by atoms with Crippen LogP contribution < -0.4 is 28.7 Å². The van der Waals surface area contributed by atoms with E-state index in [0.29, 0.717) is 13.2 Å². The van der Waals surface area contributed by atoms with Gasteiger partial charge in [-0.1, -0.05) is 41.5 Å². The van der Waals surface area contributed by atoms with Crippen LogP contribution in [0.3, 0.4) is 0 Å².